The van der Waals surface area contributed by atoms with E-state index in [1.165, 1.54) is 35.1 Å². The van der Waals surface area contributed by atoms with Gasteiger partial charge in [-0.2, -0.15) is 0 Å². The van der Waals surface area contributed by atoms with Crippen molar-refractivity contribution in [1.29, 1.82) is 0 Å². The van der Waals surface area contributed by atoms with Crippen LogP contribution in [0.25, 0.3) is 0 Å². The lowest BCUT2D eigenvalue weighted by molar-refractivity contribution is -0.722. The second-order valence-corrected chi connectivity index (χ2v) is 6.03. The molecule has 0 saturated heterocycles. The van der Waals surface area contributed by atoms with Crippen molar-refractivity contribution in [2.75, 3.05) is 0 Å². The van der Waals surface area contributed by atoms with Crippen LogP contribution >= 0.6 is 0 Å². The molecule has 0 amide bonds. The molecule has 0 aliphatic carbocycles. The highest BCUT2D eigenvalue weighted by Gasteiger charge is 2.20. The number of halogens is 4. The molecule has 0 spiro atoms. The van der Waals surface area contributed by atoms with Crippen molar-refractivity contribution in [1.82, 2.24) is 4.98 Å². The number of imidazole rings is 1. The molecule has 1 unspecified atom stereocenters. The van der Waals surface area contributed by atoms with Crippen molar-refractivity contribution >= 4 is 7.25 Å². The first-order valence-electron chi connectivity index (χ1n) is 8.09. The van der Waals surface area contributed by atoms with Gasteiger partial charge in [-0.05, 0) is 56.7 Å². The van der Waals surface area contributed by atoms with Gasteiger partial charge in [0, 0.05) is 0 Å². The van der Waals surface area contributed by atoms with Gasteiger partial charge in [0.2, 0.25) is 6.33 Å². The van der Waals surface area contributed by atoms with Gasteiger partial charge < -0.3 is 17.3 Å². The van der Waals surface area contributed by atoms with Crippen LogP contribution in [0.15, 0.2) is 30.9 Å². The van der Waals surface area contributed by atoms with E-state index in [4.69, 9.17) is 0 Å². The maximum absolute atomic E-state index is 9.75. The molecule has 0 fully saturated rings. The van der Waals surface area contributed by atoms with E-state index in [1.807, 2.05) is 6.20 Å². The minimum Gasteiger partial charge on any atom is -0.418 e. The molecule has 1 aromatic carbocycles. The maximum atomic E-state index is 9.75. The van der Waals surface area contributed by atoms with Crippen LogP contribution in [0.3, 0.4) is 0 Å². The standard InChI is InChI=1S/C17H24N2.BF4/c1-5-16(19-9-8-18-12-19)6-7-17-14(3)10-13(2)11-15(17)4;2-1(3,4)5/h8-12,16H,5-7H2,1-4H3;/q;-1/p+1. The first kappa shape index (κ1) is 20.3. The zero-order valence-corrected chi connectivity index (χ0v) is 14.6. The minimum atomic E-state index is -6.00. The van der Waals surface area contributed by atoms with Crippen LogP contribution in [0.1, 0.15) is 48.1 Å². The first-order chi connectivity index (χ1) is 11.1. The Labute approximate surface area is 141 Å². The van der Waals surface area contributed by atoms with E-state index in [1.54, 1.807) is 0 Å². The molecule has 134 valence electrons. The summed E-state index contributed by atoms with van der Waals surface area (Å²) in [7, 11) is -6.00. The summed E-state index contributed by atoms with van der Waals surface area (Å²) in [6.07, 6.45) is 9.71. The van der Waals surface area contributed by atoms with E-state index in [-0.39, 0.29) is 0 Å². The molecular formula is C17H25BF4N2. The van der Waals surface area contributed by atoms with Crippen LogP contribution in [0.5, 0.6) is 0 Å². The summed E-state index contributed by atoms with van der Waals surface area (Å²) in [5, 5.41) is 0. The highest BCUT2D eigenvalue weighted by Crippen LogP contribution is 2.21. The molecule has 0 aliphatic heterocycles. The molecular weight excluding hydrogens is 319 g/mol. The Bertz CT molecular complexity index is 595. The highest BCUT2D eigenvalue weighted by molar-refractivity contribution is 6.50. The number of aromatic nitrogens is 2. The Morgan fingerprint density at radius 3 is 2.04 bits per heavy atom. The van der Waals surface area contributed by atoms with Crippen LogP contribution < -0.4 is 4.57 Å². The van der Waals surface area contributed by atoms with Gasteiger partial charge in [-0.15, -0.1) is 0 Å². The fraction of sp³-hybridized carbons (Fsp3) is 0.471. The number of hydrogen-bond acceptors (Lipinski definition) is 0. The number of H-pyrrole nitrogens is 1. The molecule has 7 heteroatoms. The topological polar surface area (TPSA) is 19.7 Å². The summed E-state index contributed by atoms with van der Waals surface area (Å²) in [5.74, 6) is 0. The molecule has 2 rings (SSSR count). The number of nitrogens with one attached hydrogen (secondary N) is 1. The fourth-order valence-corrected chi connectivity index (χ4v) is 3.01. The van der Waals surface area contributed by atoms with Crippen LogP contribution in [0, 0.1) is 20.8 Å². The molecule has 1 atom stereocenters. The van der Waals surface area contributed by atoms with E-state index in [2.05, 4.69) is 61.9 Å². The average Bonchev–Trinajstić information content (AvgIpc) is 2.93. The highest BCUT2D eigenvalue weighted by atomic mass is 19.5. The van der Waals surface area contributed by atoms with E-state index >= 15 is 0 Å². The average molecular weight is 344 g/mol. The third-order valence-electron chi connectivity index (χ3n) is 4.03. The van der Waals surface area contributed by atoms with Crippen LogP contribution in [-0.2, 0) is 6.42 Å². The largest absolute Gasteiger partial charge is 0.673 e. The normalized spacial score (nSPS) is 12.5. The summed E-state index contributed by atoms with van der Waals surface area (Å²) in [5.41, 5.74) is 5.77. The summed E-state index contributed by atoms with van der Waals surface area (Å²) in [6.45, 7) is 8.91. The van der Waals surface area contributed by atoms with Gasteiger partial charge in [-0.1, -0.05) is 24.6 Å². The van der Waals surface area contributed by atoms with Crippen LogP contribution in [-0.4, -0.2) is 12.2 Å². The zero-order valence-electron chi connectivity index (χ0n) is 14.6. The van der Waals surface area contributed by atoms with Gasteiger partial charge in [-0.3, -0.25) is 4.98 Å². The molecule has 1 aromatic heterocycles. The van der Waals surface area contributed by atoms with Crippen molar-refractivity contribution < 1.29 is 21.8 Å². The molecule has 0 aliphatic rings. The molecule has 0 saturated carbocycles. The molecule has 0 radical (unpaired) electrons. The van der Waals surface area contributed by atoms with Crippen molar-refractivity contribution in [2.45, 2.75) is 53.0 Å². The predicted octanol–water partition coefficient (Wildman–Crippen LogP) is 5.11. The van der Waals surface area contributed by atoms with Crippen LogP contribution in [0.4, 0.5) is 17.3 Å². The molecule has 1 heterocycles. The van der Waals surface area contributed by atoms with E-state index < -0.39 is 7.25 Å². The van der Waals surface area contributed by atoms with Crippen molar-refractivity contribution in [3.8, 4) is 0 Å². The number of benzene rings is 1. The molecule has 24 heavy (non-hydrogen) atoms. The SMILES string of the molecule is CCC(CCc1c(C)cc(C)cc1C)[n+]1cc[nH]c1.F[B-](F)(F)F. The zero-order chi connectivity index (χ0) is 18.3. The molecule has 0 bridgehead atoms. The Kier molecular flexibility index (Phi) is 7.51. The second-order valence-electron chi connectivity index (χ2n) is 6.03. The van der Waals surface area contributed by atoms with Crippen molar-refractivity contribution in [2.24, 2.45) is 0 Å². The van der Waals surface area contributed by atoms with Crippen LogP contribution in [0.2, 0.25) is 0 Å². The number of aromatic amines is 1. The van der Waals surface area contributed by atoms with Gasteiger partial charge >= 0.3 is 7.25 Å². The lowest BCUT2D eigenvalue weighted by atomic mass is 9.94. The predicted molar refractivity (Wildman–Crippen MR) is 89.5 cm³/mol. The van der Waals surface area contributed by atoms with E-state index in [0.29, 0.717) is 6.04 Å². The van der Waals surface area contributed by atoms with Gasteiger partial charge in [0.15, 0.2) is 0 Å². The molecule has 2 nitrogen and oxygen atoms in total. The molecule has 2 aromatic rings. The molecule has 1 N–H and O–H groups in total. The summed E-state index contributed by atoms with van der Waals surface area (Å²) < 4.78 is 41.3. The number of nitrogens with zero attached hydrogens (tertiary/aromatic N) is 1. The number of aryl methyl sites for hydroxylation is 3. The quantitative estimate of drug-likeness (QED) is 0.442. The van der Waals surface area contributed by atoms with E-state index in [0.717, 1.165) is 6.42 Å². The lowest BCUT2D eigenvalue weighted by Gasteiger charge is -2.15. The Morgan fingerprint density at radius 2 is 1.62 bits per heavy atom. The van der Waals surface area contributed by atoms with Gasteiger partial charge in [0.05, 0.1) is 0 Å². The Morgan fingerprint density at radius 1 is 1.08 bits per heavy atom. The van der Waals surface area contributed by atoms with E-state index in [9.17, 15) is 17.3 Å². The minimum absolute atomic E-state index is 0.589. The van der Waals surface area contributed by atoms with Gasteiger partial charge in [0.1, 0.15) is 18.4 Å². The smallest absolute Gasteiger partial charge is 0.418 e. The van der Waals surface area contributed by atoms with Crippen molar-refractivity contribution in [3.63, 3.8) is 0 Å². The monoisotopic (exact) mass is 344 g/mol. The van der Waals surface area contributed by atoms with Crippen molar-refractivity contribution in [3.05, 3.63) is 53.1 Å². The van der Waals surface area contributed by atoms with Gasteiger partial charge in [0.25, 0.3) is 0 Å². The summed E-state index contributed by atoms with van der Waals surface area (Å²) in [4.78, 5) is 3.14. The Hall–Kier alpha value is -1.79. The first-order valence-corrected chi connectivity index (χ1v) is 8.09. The number of rotatable bonds is 5. The second kappa shape index (κ2) is 8.90. The fourth-order valence-electron chi connectivity index (χ4n) is 3.01. The third kappa shape index (κ3) is 7.19. The Balaban J connectivity index is 0.000000505. The van der Waals surface area contributed by atoms with Gasteiger partial charge in [-0.25, -0.2) is 4.57 Å². The summed E-state index contributed by atoms with van der Waals surface area (Å²) in [6, 6.07) is 5.19. The maximum Gasteiger partial charge on any atom is 0.673 e. The third-order valence-corrected chi connectivity index (χ3v) is 4.03. The summed E-state index contributed by atoms with van der Waals surface area (Å²) >= 11 is 0. The number of hydrogen-bond donors (Lipinski definition) is 1. The lowest BCUT2D eigenvalue weighted by Crippen LogP contribution is -2.37.